The topological polar surface area (TPSA) is 46.5 Å². The third-order valence-corrected chi connectivity index (χ3v) is 3.23. The molecular weight excluding hydrogens is 264 g/mol. The van der Waals surface area contributed by atoms with Crippen LogP contribution >= 0.6 is 0 Å². The highest BCUT2D eigenvalue weighted by molar-refractivity contribution is 5.69. The standard InChI is InChI=1S/C18H20O3/c1-13(2)21-16-10-8-15(9-11-16)17(12-18(19)20)14-6-4-3-5-7-14/h3-11,13,17H,12H2,1-2H3,(H,19,20)/t17-/m0/s1. The molecule has 1 N–H and O–H groups in total. The molecule has 3 heteroatoms. The van der Waals surface area contributed by atoms with Gasteiger partial charge >= 0.3 is 5.97 Å². The van der Waals surface area contributed by atoms with E-state index in [1.54, 1.807) is 0 Å². The largest absolute Gasteiger partial charge is 0.491 e. The Bertz CT molecular complexity index is 573. The lowest BCUT2D eigenvalue weighted by atomic mass is 9.88. The molecule has 2 aromatic carbocycles. The van der Waals surface area contributed by atoms with E-state index in [9.17, 15) is 4.79 Å². The highest BCUT2D eigenvalue weighted by Crippen LogP contribution is 2.29. The lowest BCUT2D eigenvalue weighted by Gasteiger charge is -2.17. The van der Waals surface area contributed by atoms with Gasteiger partial charge in [0, 0.05) is 5.92 Å². The molecule has 0 heterocycles. The molecule has 2 rings (SSSR count). The Morgan fingerprint density at radius 1 is 1.00 bits per heavy atom. The van der Waals surface area contributed by atoms with Crippen molar-refractivity contribution in [1.82, 2.24) is 0 Å². The van der Waals surface area contributed by atoms with Crippen LogP contribution < -0.4 is 4.74 Å². The normalized spacial score (nSPS) is 12.1. The van der Waals surface area contributed by atoms with Gasteiger partial charge in [-0.1, -0.05) is 42.5 Å². The summed E-state index contributed by atoms with van der Waals surface area (Å²) in [5, 5.41) is 9.16. The summed E-state index contributed by atoms with van der Waals surface area (Å²) in [5.41, 5.74) is 2.00. The first-order valence-corrected chi connectivity index (χ1v) is 7.09. The molecule has 0 saturated carbocycles. The zero-order chi connectivity index (χ0) is 15.2. The van der Waals surface area contributed by atoms with Gasteiger partial charge in [0.05, 0.1) is 12.5 Å². The highest BCUT2D eigenvalue weighted by atomic mass is 16.5. The molecule has 0 spiro atoms. The maximum Gasteiger partial charge on any atom is 0.304 e. The predicted molar refractivity (Wildman–Crippen MR) is 82.7 cm³/mol. The van der Waals surface area contributed by atoms with Gasteiger partial charge in [-0.25, -0.2) is 0 Å². The van der Waals surface area contributed by atoms with Gasteiger partial charge in [-0.05, 0) is 37.1 Å². The maximum absolute atomic E-state index is 11.1. The average molecular weight is 284 g/mol. The number of hydrogen-bond acceptors (Lipinski definition) is 2. The molecule has 1 atom stereocenters. The van der Waals surface area contributed by atoms with Crippen molar-refractivity contribution in [2.75, 3.05) is 0 Å². The van der Waals surface area contributed by atoms with Crippen LogP contribution in [0.4, 0.5) is 0 Å². The summed E-state index contributed by atoms with van der Waals surface area (Å²) < 4.78 is 5.62. The number of carbonyl (C=O) groups is 1. The lowest BCUT2D eigenvalue weighted by molar-refractivity contribution is -0.137. The molecule has 0 saturated heterocycles. The van der Waals surface area contributed by atoms with Gasteiger partial charge in [-0.3, -0.25) is 4.79 Å². The van der Waals surface area contributed by atoms with Crippen molar-refractivity contribution in [2.45, 2.75) is 32.3 Å². The van der Waals surface area contributed by atoms with E-state index in [1.165, 1.54) is 0 Å². The molecular formula is C18H20O3. The Morgan fingerprint density at radius 3 is 2.10 bits per heavy atom. The van der Waals surface area contributed by atoms with Crippen LogP contribution in [0.2, 0.25) is 0 Å². The number of rotatable bonds is 6. The third-order valence-electron chi connectivity index (χ3n) is 3.23. The Morgan fingerprint density at radius 2 is 1.57 bits per heavy atom. The first-order valence-electron chi connectivity index (χ1n) is 7.09. The summed E-state index contributed by atoms with van der Waals surface area (Å²) >= 11 is 0. The van der Waals surface area contributed by atoms with Crippen molar-refractivity contribution in [1.29, 1.82) is 0 Å². The smallest absolute Gasteiger partial charge is 0.304 e. The van der Waals surface area contributed by atoms with Gasteiger partial charge in [0.2, 0.25) is 0 Å². The minimum absolute atomic E-state index is 0.0778. The van der Waals surface area contributed by atoms with Crippen LogP contribution in [-0.4, -0.2) is 17.2 Å². The van der Waals surface area contributed by atoms with Gasteiger partial charge in [0.25, 0.3) is 0 Å². The zero-order valence-electron chi connectivity index (χ0n) is 12.3. The second kappa shape index (κ2) is 6.93. The Hall–Kier alpha value is -2.29. The van der Waals surface area contributed by atoms with Crippen LogP contribution in [0.1, 0.15) is 37.3 Å². The van der Waals surface area contributed by atoms with Crippen molar-refractivity contribution in [3.63, 3.8) is 0 Å². The molecule has 0 fully saturated rings. The van der Waals surface area contributed by atoms with E-state index in [-0.39, 0.29) is 18.4 Å². The minimum Gasteiger partial charge on any atom is -0.491 e. The molecule has 0 aliphatic rings. The minimum atomic E-state index is -0.800. The van der Waals surface area contributed by atoms with E-state index in [4.69, 9.17) is 9.84 Å². The maximum atomic E-state index is 11.1. The number of carboxylic acid groups (broad SMARTS) is 1. The van der Waals surface area contributed by atoms with Crippen LogP contribution in [0.15, 0.2) is 54.6 Å². The summed E-state index contributed by atoms with van der Waals surface area (Å²) in [7, 11) is 0. The molecule has 2 aromatic rings. The molecule has 0 aliphatic heterocycles. The SMILES string of the molecule is CC(C)Oc1ccc([C@@H](CC(=O)O)c2ccccc2)cc1. The third kappa shape index (κ3) is 4.35. The van der Waals surface area contributed by atoms with E-state index in [0.717, 1.165) is 16.9 Å². The van der Waals surface area contributed by atoms with Crippen molar-refractivity contribution in [2.24, 2.45) is 0 Å². The molecule has 110 valence electrons. The Balaban J connectivity index is 2.27. The van der Waals surface area contributed by atoms with Crippen molar-refractivity contribution >= 4 is 5.97 Å². The molecule has 0 aliphatic carbocycles. The monoisotopic (exact) mass is 284 g/mol. The highest BCUT2D eigenvalue weighted by Gasteiger charge is 2.17. The van der Waals surface area contributed by atoms with Crippen molar-refractivity contribution < 1.29 is 14.6 Å². The van der Waals surface area contributed by atoms with Crippen molar-refractivity contribution in [3.05, 3.63) is 65.7 Å². The lowest BCUT2D eigenvalue weighted by Crippen LogP contribution is -2.09. The summed E-state index contributed by atoms with van der Waals surface area (Å²) in [6.07, 6.45) is 0.203. The van der Waals surface area contributed by atoms with Crippen LogP contribution in [0, 0.1) is 0 Å². The van der Waals surface area contributed by atoms with Gasteiger partial charge in [-0.15, -0.1) is 0 Å². The molecule has 21 heavy (non-hydrogen) atoms. The number of aliphatic carboxylic acids is 1. The number of hydrogen-bond donors (Lipinski definition) is 1. The fourth-order valence-electron chi connectivity index (χ4n) is 2.34. The molecule has 0 aromatic heterocycles. The second-order valence-corrected chi connectivity index (χ2v) is 5.30. The Labute approximate surface area is 125 Å². The number of benzene rings is 2. The average Bonchev–Trinajstić information content (AvgIpc) is 2.46. The quantitative estimate of drug-likeness (QED) is 0.869. The Kier molecular flexibility index (Phi) is 4.99. The first kappa shape index (κ1) is 15.1. The van der Waals surface area contributed by atoms with Crippen LogP contribution in [0.3, 0.4) is 0 Å². The van der Waals surface area contributed by atoms with E-state index >= 15 is 0 Å². The summed E-state index contributed by atoms with van der Waals surface area (Å²) in [6, 6.07) is 17.4. The van der Waals surface area contributed by atoms with E-state index in [1.807, 2.05) is 68.4 Å². The summed E-state index contributed by atoms with van der Waals surface area (Å²) in [4.78, 5) is 11.1. The molecule has 0 unspecified atom stereocenters. The van der Waals surface area contributed by atoms with Crippen molar-refractivity contribution in [3.8, 4) is 5.75 Å². The fourth-order valence-corrected chi connectivity index (χ4v) is 2.34. The zero-order valence-corrected chi connectivity index (χ0v) is 12.3. The van der Waals surface area contributed by atoms with E-state index < -0.39 is 5.97 Å². The van der Waals surface area contributed by atoms with Crippen LogP contribution in [0.5, 0.6) is 5.75 Å². The van der Waals surface area contributed by atoms with Gasteiger partial charge in [0.15, 0.2) is 0 Å². The summed E-state index contributed by atoms with van der Waals surface area (Å²) in [5.74, 6) is -0.140. The van der Waals surface area contributed by atoms with Gasteiger partial charge in [0.1, 0.15) is 5.75 Å². The summed E-state index contributed by atoms with van der Waals surface area (Å²) in [6.45, 7) is 3.95. The first-order chi connectivity index (χ1) is 10.1. The van der Waals surface area contributed by atoms with Crippen LogP contribution in [0.25, 0.3) is 0 Å². The molecule has 0 amide bonds. The fraction of sp³-hybridized carbons (Fsp3) is 0.278. The molecule has 0 bridgehead atoms. The number of ether oxygens (including phenoxy) is 1. The van der Waals surface area contributed by atoms with Gasteiger partial charge in [-0.2, -0.15) is 0 Å². The van der Waals surface area contributed by atoms with Crippen LogP contribution in [-0.2, 0) is 4.79 Å². The predicted octanol–water partition coefficient (Wildman–Crippen LogP) is 4.08. The van der Waals surface area contributed by atoms with E-state index in [0.29, 0.717) is 0 Å². The number of carboxylic acids is 1. The molecule has 3 nitrogen and oxygen atoms in total. The second-order valence-electron chi connectivity index (χ2n) is 5.30. The van der Waals surface area contributed by atoms with Gasteiger partial charge < -0.3 is 9.84 Å². The molecule has 0 radical (unpaired) electrons. The van der Waals surface area contributed by atoms with E-state index in [2.05, 4.69) is 0 Å².